The quantitative estimate of drug-likeness (QED) is 0.314. The number of carboxylic acids is 2. The SMILES string of the molecule is CCC(=C/c1sc2ccc(Cl)cc2[n+]1CCC(=O)O)/C=C1/Sc2ccc(C)cc2N1CCC(=O)O. The maximum atomic E-state index is 11.3. The molecule has 0 radical (unpaired) electrons. The molecule has 0 bridgehead atoms. The number of aryl methyl sites for hydroxylation is 2. The number of carboxylic acid groups (broad SMARTS) is 2. The summed E-state index contributed by atoms with van der Waals surface area (Å²) in [6.07, 6.45) is 5.03. The summed E-state index contributed by atoms with van der Waals surface area (Å²) in [6, 6.07) is 11.9. The number of thioether (sulfide) groups is 1. The number of fused-ring (bicyclic) bond motifs is 2. The second-order valence-electron chi connectivity index (χ2n) is 8.27. The Hall–Kier alpha value is -2.81. The van der Waals surface area contributed by atoms with E-state index in [1.807, 2.05) is 29.7 Å². The first-order valence-corrected chi connectivity index (χ1v) is 13.3. The lowest BCUT2D eigenvalue weighted by Gasteiger charge is -2.20. The number of hydrogen-bond donors (Lipinski definition) is 2. The van der Waals surface area contributed by atoms with Gasteiger partial charge in [-0.2, -0.15) is 4.57 Å². The van der Waals surface area contributed by atoms with Crippen LogP contribution >= 0.6 is 34.7 Å². The van der Waals surface area contributed by atoms with Gasteiger partial charge in [0.25, 0.3) is 5.01 Å². The van der Waals surface area contributed by atoms with E-state index in [1.165, 1.54) is 0 Å². The van der Waals surface area contributed by atoms with Crippen molar-refractivity contribution in [1.29, 1.82) is 0 Å². The van der Waals surface area contributed by atoms with Gasteiger partial charge in [0.15, 0.2) is 6.54 Å². The highest BCUT2D eigenvalue weighted by Crippen LogP contribution is 2.47. The Bertz CT molecular complexity index is 1360. The van der Waals surface area contributed by atoms with Crippen molar-refractivity contribution in [3.8, 4) is 0 Å². The number of rotatable bonds is 9. The Kier molecular flexibility index (Phi) is 7.84. The Balaban J connectivity index is 1.75. The van der Waals surface area contributed by atoms with E-state index in [4.69, 9.17) is 11.6 Å². The predicted molar refractivity (Wildman–Crippen MR) is 142 cm³/mol. The van der Waals surface area contributed by atoms with Crippen LogP contribution in [0.1, 0.15) is 36.8 Å². The standard InChI is InChI=1S/C26H25ClN2O4S2/c1-3-17(13-23-28(10-8-25(30)31)19-12-16(2)4-6-21(19)34-23)14-24-29(11-9-26(32)33)20-15-18(27)5-7-22(20)35-24/h4-7,12-15H,3,8-11H2,1-2H3,(H-,30,31,32,33)/p+1. The van der Waals surface area contributed by atoms with Crippen LogP contribution in [0.3, 0.4) is 0 Å². The van der Waals surface area contributed by atoms with Gasteiger partial charge in [0.1, 0.15) is 11.1 Å². The van der Waals surface area contributed by atoms with Crippen LogP contribution in [0.5, 0.6) is 0 Å². The summed E-state index contributed by atoms with van der Waals surface area (Å²) in [5.41, 5.74) is 4.14. The molecule has 182 valence electrons. The zero-order chi connectivity index (χ0) is 25.1. The fourth-order valence-corrected chi connectivity index (χ4v) is 6.40. The molecular formula is C26H26ClN2O4S2+. The number of hydrogen-bond acceptors (Lipinski definition) is 5. The number of anilines is 1. The fraction of sp³-hybridized carbons (Fsp3) is 0.269. The van der Waals surface area contributed by atoms with Gasteiger partial charge in [-0.05, 0) is 54.8 Å². The maximum absolute atomic E-state index is 11.3. The van der Waals surface area contributed by atoms with Crippen molar-refractivity contribution in [2.45, 2.75) is 44.6 Å². The highest BCUT2D eigenvalue weighted by atomic mass is 35.5. The van der Waals surface area contributed by atoms with E-state index in [-0.39, 0.29) is 12.8 Å². The molecule has 1 aliphatic heterocycles. The molecule has 0 amide bonds. The molecule has 2 aromatic carbocycles. The number of carbonyl (C=O) groups is 2. The van der Waals surface area contributed by atoms with Crippen LogP contribution in [0.15, 0.2) is 58.0 Å². The second kappa shape index (κ2) is 10.8. The number of aliphatic carboxylic acids is 2. The Morgan fingerprint density at radius 1 is 1.11 bits per heavy atom. The molecule has 0 fully saturated rings. The number of nitrogens with zero attached hydrogens (tertiary/aromatic N) is 2. The van der Waals surface area contributed by atoms with Gasteiger partial charge in [-0.25, -0.2) is 0 Å². The van der Waals surface area contributed by atoms with Crippen LogP contribution in [0.2, 0.25) is 5.02 Å². The average molecular weight is 530 g/mol. The largest absolute Gasteiger partial charge is 0.481 e. The van der Waals surface area contributed by atoms with Crippen LogP contribution in [-0.4, -0.2) is 28.7 Å². The molecule has 2 N–H and O–H groups in total. The van der Waals surface area contributed by atoms with Crippen LogP contribution in [0.4, 0.5) is 5.69 Å². The van der Waals surface area contributed by atoms with Crippen molar-refractivity contribution in [3.05, 3.63) is 68.7 Å². The van der Waals surface area contributed by atoms with Crippen molar-refractivity contribution >= 4 is 68.6 Å². The van der Waals surface area contributed by atoms with Crippen molar-refractivity contribution in [3.63, 3.8) is 0 Å². The topological polar surface area (TPSA) is 81.7 Å². The molecule has 1 aliphatic rings. The molecule has 4 rings (SSSR count). The number of benzene rings is 2. The molecule has 35 heavy (non-hydrogen) atoms. The van der Waals surface area contributed by atoms with E-state index in [0.29, 0.717) is 18.1 Å². The lowest BCUT2D eigenvalue weighted by molar-refractivity contribution is -0.667. The average Bonchev–Trinajstić information content (AvgIpc) is 3.31. The summed E-state index contributed by atoms with van der Waals surface area (Å²) in [5, 5.41) is 21.1. The summed E-state index contributed by atoms with van der Waals surface area (Å²) < 4.78 is 3.05. The first kappa shape index (κ1) is 25.3. The summed E-state index contributed by atoms with van der Waals surface area (Å²) in [4.78, 5) is 25.8. The Morgan fingerprint density at radius 3 is 2.60 bits per heavy atom. The Morgan fingerprint density at radius 2 is 1.89 bits per heavy atom. The van der Waals surface area contributed by atoms with E-state index < -0.39 is 11.9 Å². The predicted octanol–water partition coefficient (Wildman–Crippen LogP) is 6.35. The number of thiazole rings is 1. The van der Waals surface area contributed by atoms with Gasteiger partial charge >= 0.3 is 11.9 Å². The third kappa shape index (κ3) is 5.89. The van der Waals surface area contributed by atoms with Crippen molar-refractivity contribution in [2.75, 3.05) is 11.4 Å². The lowest BCUT2D eigenvalue weighted by Crippen LogP contribution is -2.36. The second-order valence-corrected chi connectivity index (χ2v) is 10.8. The molecule has 0 saturated carbocycles. The fourth-order valence-electron chi connectivity index (χ4n) is 3.94. The first-order valence-electron chi connectivity index (χ1n) is 11.3. The minimum Gasteiger partial charge on any atom is -0.481 e. The summed E-state index contributed by atoms with van der Waals surface area (Å²) in [7, 11) is 0. The molecular weight excluding hydrogens is 504 g/mol. The van der Waals surface area contributed by atoms with Gasteiger partial charge in [-0.3, -0.25) is 9.59 Å². The van der Waals surface area contributed by atoms with E-state index >= 15 is 0 Å². The Labute approximate surface area is 217 Å². The van der Waals surface area contributed by atoms with Crippen LogP contribution < -0.4 is 9.47 Å². The van der Waals surface area contributed by atoms with Gasteiger partial charge in [0, 0.05) is 28.6 Å². The third-order valence-corrected chi connectivity index (χ3v) is 8.16. The maximum Gasteiger partial charge on any atom is 0.309 e. The van der Waals surface area contributed by atoms with Gasteiger partial charge in [0.2, 0.25) is 5.52 Å². The third-order valence-electron chi connectivity index (χ3n) is 5.70. The van der Waals surface area contributed by atoms with E-state index in [1.54, 1.807) is 23.1 Å². The summed E-state index contributed by atoms with van der Waals surface area (Å²) in [6.45, 7) is 4.84. The molecule has 0 atom stereocenters. The minimum absolute atomic E-state index is 0.0138. The van der Waals surface area contributed by atoms with E-state index in [0.717, 1.165) is 48.4 Å². The van der Waals surface area contributed by atoms with Crippen LogP contribution in [0.25, 0.3) is 16.3 Å². The monoisotopic (exact) mass is 529 g/mol. The normalized spacial score (nSPS) is 14.7. The van der Waals surface area contributed by atoms with Crippen molar-refractivity contribution in [1.82, 2.24) is 0 Å². The van der Waals surface area contributed by atoms with E-state index in [9.17, 15) is 19.8 Å². The number of halogens is 1. The molecule has 2 heterocycles. The smallest absolute Gasteiger partial charge is 0.309 e. The molecule has 0 spiro atoms. The molecule has 0 aliphatic carbocycles. The molecule has 1 aromatic heterocycles. The van der Waals surface area contributed by atoms with Gasteiger partial charge < -0.3 is 15.1 Å². The highest BCUT2D eigenvalue weighted by molar-refractivity contribution is 8.03. The molecule has 3 aromatic rings. The van der Waals surface area contributed by atoms with Crippen molar-refractivity contribution in [2.24, 2.45) is 0 Å². The molecule has 6 nitrogen and oxygen atoms in total. The first-order chi connectivity index (χ1) is 16.7. The number of allylic oxidation sites excluding steroid dienone is 2. The lowest BCUT2D eigenvalue weighted by atomic mass is 10.1. The zero-order valence-electron chi connectivity index (χ0n) is 19.5. The molecule has 0 saturated heterocycles. The van der Waals surface area contributed by atoms with E-state index in [2.05, 4.69) is 42.2 Å². The molecule has 0 unspecified atom stereocenters. The zero-order valence-corrected chi connectivity index (χ0v) is 21.8. The van der Waals surface area contributed by atoms with Gasteiger partial charge in [-0.1, -0.05) is 47.7 Å². The van der Waals surface area contributed by atoms with Gasteiger partial charge in [-0.15, -0.1) is 0 Å². The van der Waals surface area contributed by atoms with Crippen LogP contribution in [-0.2, 0) is 16.1 Å². The number of aromatic nitrogens is 1. The molecule has 9 heteroatoms. The highest BCUT2D eigenvalue weighted by Gasteiger charge is 2.26. The summed E-state index contributed by atoms with van der Waals surface area (Å²) >= 11 is 9.47. The van der Waals surface area contributed by atoms with Crippen LogP contribution in [0, 0.1) is 6.92 Å². The van der Waals surface area contributed by atoms with Gasteiger partial charge in [0.05, 0.1) is 17.1 Å². The van der Waals surface area contributed by atoms with Crippen molar-refractivity contribution < 1.29 is 24.4 Å². The summed E-state index contributed by atoms with van der Waals surface area (Å²) in [5.74, 6) is -1.68. The minimum atomic E-state index is -0.851.